The second kappa shape index (κ2) is 10.3. The maximum atomic E-state index is 13.4. The molecule has 37 heavy (non-hydrogen) atoms. The fourth-order valence-electron chi connectivity index (χ4n) is 6.17. The molecule has 0 radical (unpaired) electrons. The Labute approximate surface area is 218 Å². The Morgan fingerprint density at radius 1 is 1.00 bits per heavy atom. The molecule has 2 fully saturated rings. The van der Waals surface area contributed by atoms with Crippen LogP contribution in [0, 0.1) is 5.41 Å². The van der Waals surface area contributed by atoms with Crippen LogP contribution in [0.25, 0.3) is 0 Å². The Hall–Kier alpha value is -2.49. The molecule has 8 heteroatoms. The molecule has 0 saturated carbocycles. The molecule has 1 spiro atoms. The number of likely N-dealkylation sites (tertiary alicyclic amines) is 1. The molecule has 2 aromatic carbocycles. The van der Waals surface area contributed by atoms with E-state index in [0.29, 0.717) is 23.3 Å². The number of rotatable bonds is 6. The molecular weight excluding hydrogens is 470 g/mol. The number of amides is 1. The largest absolute Gasteiger partial charge is 0.462 e. The second-order valence-electron chi connectivity index (χ2n) is 11.3. The highest BCUT2D eigenvalue weighted by atomic mass is 16.6. The van der Waals surface area contributed by atoms with Crippen LogP contribution in [0.15, 0.2) is 42.5 Å². The summed E-state index contributed by atoms with van der Waals surface area (Å²) in [6.45, 7) is 6.99. The summed E-state index contributed by atoms with van der Waals surface area (Å²) in [5.41, 5.74) is 4.56. The molecule has 1 amide bonds. The Morgan fingerprint density at radius 3 is 2.54 bits per heavy atom. The van der Waals surface area contributed by atoms with Crippen molar-refractivity contribution < 1.29 is 24.5 Å². The molecule has 2 saturated heterocycles. The van der Waals surface area contributed by atoms with Crippen molar-refractivity contribution in [2.24, 2.45) is 5.41 Å². The zero-order valence-electron chi connectivity index (χ0n) is 21.3. The minimum absolute atomic E-state index is 0.0268. The predicted octanol–water partition coefficient (Wildman–Crippen LogP) is 1.87. The lowest BCUT2D eigenvalue weighted by Crippen LogP contribution is -2.50. The lowest BCUT2D eigenvalue weighted by Gasteiger charge is -2.47. The average molecular weight is 508 g/mol. The Kier molecular flexibility index (Phi) is 6.94. The normalized spacial score (nSPS) is 24.5. The van der Waals surface area contributed by atoms with Gasteiger partial charge in [0.25, 0.3) is 5.91 Å². The standard InChI is InChI=1S/C29H37N3O5/c33-24(16-31-10-7-22-3-1-2-4-23(22)15-31)17-32-18-27(34)37-26-13-21(5-6-25(26)28(32)35)14-30-11-8-29(9-12-30)19-36-20-29/h1-6,13,24,27,33-34H,7-12,14-20H2/t24-,27+/m1/s1. The number of fused-ring (bicyclic) bond motifs is 2. The maximum absolute atomic E-state index is 13.4. The number of β-amino-alcohol motifs (C(OH)–C–C–N with tert-alkyl or cyclic N) is 2. The number of hydrogen-bond acceptors (Lipinski definition) is 7. The highest BCUT2D eigenvalue weighted by molar-refractivity contribution is 5.97. The van der Waals surface area contributed by atoms with Crippen LogP contribution in [0.3, 0.4) is 0 Å². The van der Waals surface area contributed by atoms with Gasteiger partial charge in [-0.3, -0.25) is 14.6 Å². The number of ether oxygens (including phenoxy) is 2. The molecule has 0 unspecified atom stereocenters. The molecule has 2 N–H and O–H groups in total. The van der Waals surface area contributed by atoms with Gasteiger partial charge < -0.3 is 24.6 Å². The Bertz CT molecular complexity index is 1130. The van der Waals surface area contributed by atoms with Gasteiger partial charge in [-0.1, -0.05) is 30.3 Å². The van der Waals surface area contributed by atoms with Crippen molar-refractivity contribution in [2.75, 3.05) is 52.5 Å². The van der Waals surface area contributed by atoms with E-state index in [0.717, 1.165) is 70.8 Å². The van der Waals surface area contributed by atoms with Gasteiger partial charge in [-0.2, -0.15) is 0 Å². The van der Waals surface area contributed by atoms with Crippen molar-refractivity contribution in [1.82, 2.24) is 14.7 Å². The summed E-state index contributed by atoms with van der Waals surface area (Å²) >= 11 is 0. The molecule has 0 aliphatic carbocycles. The van der Waals surface area contributed by atoms with Crippen LogP contribution >= 0.6 is 0 Å². The van der Waals surface area contributed by atoms with Gasteiger partial charge in [0.2, 0.25) is 6.29 Å². The highest BCUT2D eigenvalue weighted by Gasteiger charge is 2.41. The number of aliphatic hydroxyl groups excluding tert-OH is 2. The molecule has 2 atom stereocenters. The van der Waals surface area contributed by atoms with Crippen LogP contribution in [0.1, 0.15) is 39.9 Å². The average Bonchev–Trinajstić information content (AvgIpc) is 2.98. The van der Waals surface area contributed by atoms with E-state index in [9.17, 15) is 15.0 Å². The summed E-state index contributed by atoms with van der Waals surface area (Å²) in [5.74, 6) is 0.200. The van der Waals surface area contributed by atoms with E-state index in [1.165, 1.54) is 16.0 Å². The van der Waals surface area contributed by atoms with Gasteiger partial charge in [0.1, 0.15) is 5.75 Å². The maximum Gasteiger partial charge on any atom is 0.257 e. The van der Waals surface area contributed by atoms with E-state index in [2.05, 4.69) is 28.0 Å². The number of benzene rings is 2. The van der Waals surface area contributed by atoms with Gasteiger partial charge in [-0.05, 0) is 61.2 Å². The summed E-state index contributed by atoms with van der Waals surface area (Å²) < 4.78 is 11.2. The fraction of sp³-hybridized carbons (Fsp3) is 0.552. The van der Waals surface area contributed by atoms with Crippen molar-refractivity contribution in [3.8, 4) is 5.75 Å². The molecule has 6 rings (SSSR count). The third-order valence-electron chi connectivity index (χ3n) is 8.45. The Balaban J connectivity index is 1.07. The quantitative estimate of drug-likeness (QED) is 0.618. The minimum atomic E-state index is -1.14. The van der Waals surface area contributed by atoms with Crippen LogP contribution in [0.5, 0.6) is 5.75 Å². The van der Waals surface area contributed by atoms with Gasteiger partial charge in [-0.15, -0.1) is 0 Å². The van der Waals surface area contributed by atoms with Crippen LogP contribution in [0.4, 0.5) is 0 Å². The third-order valence-corrected chi connectivity index (χ3v) is 8.45. The molecule has 0 aromatic heterocycles. The molecule has 4 heterocycles. The molecule has 8 nitrogen and oxygen atoms in total. The molecule has 2 aromatic rings. The lowest BCUT2D eigenvalue weighted by molar-refractivity contribution is -0.140. The van der Waals surface area contributed by atoms with E-state index >= 15 is 0 Å². The van der Waals surface area contributed by atoms with E-state index < -0.39 is 12.4 Å². The monoisotopic (exact) mass is 507 g/mol. The van der Waals surface area contributed by atoms with Crippen LogP contribution in [-0.2, 0) is 24.2 Å². The number of nitrogens with zero attached hydrogens (tertiary/aromatic N) is 3. The number of carbonyl (C=O) groups excluding carboxylic acids is 1. The predicted molar refractivity (Wildman–Crippen MR) is 138 cm³/mol. The van der Waals surface area contributed by atoms with Gasteiger partial charge >= 0.3 is 0 Å². The zero-order valence-corrected chi connectivity index (χ0v) is 21.3. The molecular formula is C29H37N3O5. The van der Waals surface area contributed by atoms with E-state index in [-0.39, 0.29) is 19.0 Å². The van der Waals surface area contributed by atoms with E-state index in [1.54, 1.807) is 6.07 Å². The first kappa shape index (κ1) is 24.8. The van der Waals surface area contributed by atoms with Crippen molar-refractivity contribution in [1.29, 1.82) is 0 Å². The first-order valence-corrected chi connectivity index (χ1v) is 13.5. The van der Waals surface area contributed by atoms with Crippen LogP contribution in [0.2, 0.25) is 0 Å². The first-order valence-electron chi connectivity index (χ1n) is 13.5. The SMILES string of the molecule is O=C1c2ccc(CN3CCC4(CC3)COC4)cc2O[C@H](O)CN1C[C@H](O)CN1CCc2ccccc2C1. The third kappa shape index (κ3) is 5.40. The number of hydrogen-bond donors (Lipinski definition) is 2. The smallest absolute Gasteiger partial charge is 0.257 e. The topological polar surface area (TPSA) is 85.7 Å². The fourth-order valence-corrected chi connectivity index (χ4v) is 6.17. The summed E-state index contributed by atoms with van der Waals surface area (Å²) in [7, 11) is 0. The summed E-state index contributed by atoms with van der Waals surface area (Å²) in [5, 5.41) is 21.4. The summed E-state index contributed by atoms with van der Waals surface area (Å²) in [6, 6.07) is 14.1. The van der Waals surface area contributed by atoms with E-state index in [1.807, 2.05) is 18.2 Å². The lowest BCUT2D eigenvalue weighted by atomic mass is 9.77. The zero-order chi connectivity index (χ0) is 25.4. The highest BCUT2D eigenvalue weighted by Crippen LogP contribution is 2.39. The number of carbonyl (C=O) groups is 1. The van der Waals surface area contributed by atoms with E-state index in [4.69, 9.17) is 9.47 Å². The summed E-state index contributed by atoms with van der Waals surface area (Å²) in [6.07, 6.45) is 1.42. The number of piperidine rings is 1. The van der Waals surface area contributed by atoms with Gasteiger partial charge in [-0.25, -0.2) is 0 Å². The molecule has 0 bridgehead atoms. The molecule has 4 aliphatic rings. The number of aliphatic hydroxyl groups is 2. The second-order valence-corrected chi connectivity index (χ2v) is 11.3. The van der Waals surface area contributed by atoms with Crippen LogP contribution in [-0.4, -0.2) is 95.7 Å². The van der Waals surface area contributed by atoms with Crippen LogP contribution < -0.4 is 4.74 Å². The van der Waals surface area contributed by atoms with Gasteiger partial charge in [0.15, 0.2) is 0 Å². The minimum Gasteiger partial charge on any atom is -0.462 e. The Morgan fingerprint density at radius 2 is 1.78 bits per heavy atom. The molecule has 198 valence electrons. The van der Waals surface area contributed by atoms with Gasteiger partial charge in [0.05, 0.1) is 31.4 Å². The van der Waals surface area contributed by atoms with Gasteiger partial charge in [0, 0.05) is 38.1 Å². The summed E-state index contributed by atoms with van der Waals surface area (Å²) in [4.78, 5) is 19.5. The molecule has 4 aliphatic heterocycles. The van der Waals surface area contributed by atoms with Crippen molar-refractivity contribution >= 4 is 5.91 Å². The first-order chi connectivity index (χ1) is 18.0. The van der Waals surface area contributed by atoms with Crippen molar-refractivity contribution in [3.63, 3.8) is 0 Å². The van der Waals surface area contributed by atoms with Crippen molar-refractivity contribution in [3.05, 3.63) is 64.7 Å². The van der Waals surface area contributed by atoms with Crippen molar-refractivity contribution in [2.45, 2.75) is 44.7 Å².